The molecule has 36 heavy (non-hydrogen) atoms. The highest BCUT2D eigenvalue weighted by Gasteiger charge is 2.12. The summed E-state index contributed by atoms with van der Waals surface area (Å²) in [5.41, 5.74) is 8.04. The van der Waals surface area contributed by atoms with E-state index < -0.39 is 0 Å². The summed E-state index contributed by atoms with van der Waals surface area (Å²) in [7, 11) is 0. The quantitative estimate of drug-likeness (QED) is 0.260. The first-order valence-electron chi connectivity index (χ1n) is 11.9. The lowest BCUT2D eigenvalue weighted by Crippen LogP contribution is -1.83. The van der Waals surface area contributed by atoms with Gasteiger partial charge in [-0.15, -0.1) is 0 Å². The summed E-state index contributed by atoms with van der Waals surface area (Å²) >= 11 is 0. The molecule has 0 N–H and O–H groups in total. The third-order valence-corrected chi connectivity index (χ3v) is 6.82. The number of nitrogens with zero attached hydrogens (tertiary/aromatic N) is 1. The Morgan fingerprint density at radius 2 is 1.14 bits per heavy atom. The number of benzene rings is 5. The molecular formula is C33H20FNO. The van der Waals surface area contributed by atoms with Gasteiger partial charge in [0.05, 0.1) is 0 Å². The van der Waals surface area contributed by atoms with Crippen molar-refractivity contribution in [2.75, 3.05) is 0 Å². The Balaban J connectivity index is 1.26. The van der Waals surface area contributed by atoms with Crippen molar-refractivity contribution in [1.29, 1.82) is 0 Å². The van der Waals surface area contributed by atoms with Crippen LogP contribution >= 0.6 is 0 Å². The molecule has 2 nitrogen and oxygen atoms in total. The fraction of sp³-hybridized carbons (Fsp3) is 0. The molecule has 5 aromatic carbocycles. The number of furan rings is 1. The van der Waals surface area contributed by atoms with Crippen molar-refractivity contribution in [2.45, 2.75) is 0 Å². The van der Waals surface area contributed by atoms with Gasteiger partial charge in [-0.25, -0.2) is 9.37 Å². The lowest BCUT2D eigenvalue weighted by atomic mass is 9.96. The van der Waals surface area contributed by atoms with Crippen molar-refractivity contribution in [3.63, 3.8) is 0 Å². The van der Waals surface area contributed by atoms with Crippen molar-refractivity contribution in [1.82, 2.24) is 4.98 Å². The Labute approximate surface area is 207 Å². The Hall–Kier alpha value is -4.76. The van der Waals surface area contributed by atoms with E-state index in [4.69, 9.17) is 4.42 Å². The standard InChI is InChI=1S/C33H20FNO/c34-28-16-14-22(15-17-28)26-13-9-23-8-12-25(19-27(23)20-26)21-6-10-24(11-7-21)29-3-1-4-30-31-5-2-18-35-33(31)36-32(29)30/h1-20H. The Kier molecular flexibility index (Phi) is 4.68. The van der Waals surface area contributed by atoms with Crippen LogP contribution in [0.1, 0.15) is 0 Å². The molecule has 0 saturated heterocycles. The van der Waals surface area contributed by atoms with Crippen LogP contribution < -0.4 is 0 Å². The Bertz CT molecular complexity index is 1880. The maximum absolute atomic E-state index is 13.4. The fourth-order valence-corrected chi connectivity index (χ4v) is 4.95. The summed E-state index contributed by atoms with van der Waals surface area (Å²) in [6.07, 6.45) is 1.76. The van der Waals surface area contributed by atoms with Gasteiger partial charge in [0.25, 0.3) is 0 Å². The van der Waals surface area contributed by atoms with Gasteiger partial charge in [-0.1, -0.05) is 78.9 Å². The molecule has 0 saturated carbocycles. The van der Waals surface area contributed by atoms with Crippen LogP contribution in [0.4, 0.5) is 4.39 Å². The molecule has 3 heteroatoms. The van der Waals surface area contributed by atoms with E-state index in [1.807, 2.05) is 24.3 Å². The van der Waals surface area contributed by atoms with Gasteiger partial charge in [-0.2, -0.15) is 0 Å². The first-order chi connectivity index (χ1) is 17.7. The van der Waals surface area contributed by atoms with Crippen LogP contribution in [0.25, 0.3) is 66.2 Å². The molecule has 0 aliphatic heterocycles. The summed E-state index contributed by atoms with van der Waals surface area (Å²) in [5, 5.41) is 4.43. The molecule has 7 rings (SSSR count). The lowest BCUT2D eigenvalue weighted by molar-refractivity contribution is 0.628. The predicted molar refractivity (Wildman–Crippen MR) is 145 cm³/mol. The average Bonchev–Trinajstić information content (AvgIpc) is 3.32. The van der Waals surface area contributed by atoms with Crippen LogP contribution in [-0.2, 0) is 0 Å². The summed E-state index contributed by atoms with van der Waals surface area (Å²) in [4.78, 5) is 4.38. The summed E-state index contributed by atoms with van der Waals surface area (Å²) < 4.78 is 19.5. The van der Waals surface area contributed by atoms with Crippen LogP contribution in [0.15, 0.2) is 126 Å². The van der Waals surface area contributed by atoms with E-state index in [0.29, 0.717) is 5.71 Å². The maximum Gasteiger partial charge on any atom is 0.227 e. The summed E-state index contributed by atoms with van der Waals surface area (Å²) in [5.74, 6) is -0.224. The minimum Gasteiger partial charge on any atom is -0.437 e. The van der Waals surface area contributed by atoms with Crippen molar-refractivity contribution in [2.24, 2.45) is 0 Å². The zero-order valence-corrected chi connectivity index (χ0v) is 19.3. The molecule has 0 aliphatic rings. The first-order valence-corrected chi connectivity index (χ1v) is 11.9. The lowest BCUT2D eigenvalue weighted by Gasteiger charge is -2.09. The summed E-state index contributed by atoms with van der Waals surface area (Å²) in [6.45, 7) is 0. The fourth-order valence-electron chi connectivity index (χ4n) is 4.95. The second-order valence-electron chi connectivity index (χ2n) is 9.00. The molecule has 0 radical (unpaired) electrons. The van der Waals surface area contributed by atoms with Gasteiger partial charge < -0.3 is 4.42 Å². The van der Waals surface area contributed by atoms with Gasteiger partial charge in [0.15, 0.2) is 0 Å². The molecule has 0 atom stereocenters. The molecule has 0 fully saturated rings. The minimum absolute atomic E-state index is 0.224. The maximum atomic E-state index is 13.4. The largest absolute Gasteiger partial charge is 0.437 e. The van der Waals surface area contributed by atoms with Crippen LogP contribution in [0.2, 0.25) is 0 Å². The number of rotatable bonds is 3. The van der Waals surface area contributed by atoms with Gasteiger partial charge in [0.2, 0.25) is 5.71 Å². The van der Waals surface area contributed by atoms with E-state index in [1.54, 1.807) is 6.20 Å². The van der Waals surface area contributed by atoms with Gasteiger partial charge in [0.1, 0.15) is 11.4 Å². The highest BCUT2D eigenvalue weighted by atomic mass is 19.1. The van der Waals surface area contributed by atoms with Crippen molar-refractivity contribution < 1.29 is 8.81 Å². The number of halogens is 1. The number of hydrogen-bond donors (Lipinski definition) is 0. The molecule has 2 aromatic heterocycles. The normalized spacial score (nSPS) is 11.5. The minimum atomic E-state index is -0.224. The van der Waals surface area contributed by atoms with Crippen LogP contribution in [-0.4, -0.2) is 4.98 Å². The molecule has 7 aromatic rings. The third-order valence-electron chi connectivity index (χ3n) is 6.82. The van der Waals surface area contributed by atoms with Gasteiger partial charge in [-0.3, -0.25) is 0 Å². The zero-order chi connectivity index (χ0) is 24.1. The van der Waals surface area contributed by atoms with E-state index in [9.17, 15) is 4.39 Å². The molecule has 0 aliphatic carbocycles. The highest BCUT2D eigenvalue weighted by molar-refractivity contribution is 6.08. The molecule has 0 spiro atoms. The Morgan fingerprint density at radius 3 is 1.86 bits per heavy atom. The SMILES string of the molecule is Fc1ccc(-c2ccc3ccc(-c4ccc(-c5cccc6c5oc5ncccc56)cc4)cc3c2)cc1. The summed E-state index contributed by atoms with van der Waals surface area (Å²) in [6, 6.07) is 38.3. The van der Waals surface area contributed by atoms with Gasteiger partial charge in [0, 0.05) is 22.5 Å². The van der Waals surface area contributed by atoms with Crippen LogP contribution in [0.5, 0.6) is 0 Å². The highest BCUT2D eigenvalue weighted by Crippen LogP contribution is 2.36. The molecule has 0 bridgehead atoms. The predicted octanol–water partition coefficient (Wildman–Crippen LogP) is 9.27. The number of para-hydroxylation sites is 1. The topological polar surface area (TPSA) is 26.0 Å². The first kappa shape index (κ1) is 20.6. The molecule has 0 unspecified atom stereocenters. The van der Waals surface area contributed by atoms with Crippen molar-refractivity contribution >= 4 is 32.8 Å². The molecule has 0 amide bonds. The van der Waals surface area contributed by atoms with E-state index in [0.717, 1.165) is 55.1 Å². The molecule has 170 valence electrons. The third kappa shape index (κ3) is 3.45. The second-order valence-corrected chi connectivity index (χ2v) is 9.00. The van der Waals surface area contributed by atoms with Crippen molar-refractivity contribution in [3.05, 3.63) is 127 Å². The molecule has 2 heterocycles. The average molecular weight is 466 g/mol. The molecular weight excluding hydrogens is 445 g/mol. The van der Waals surface area contributed by atoms with Crippen molar-refractivity contribution in [3.8, 4) is 33.4 Å². The van der Waals surface area contributed by atoms with Gasteiger partial charge in [-0.05, 0) is 75.0 Å². The number of pyridine rings is 1. The smallest absolute Gasteiger partial charge is 0.227 e. The van der Waals surface area contributed by atoms with E-state index in [1.165, 1.54) is 17.5 Å². The Morgan fingerprint density at radius 1 is 0.528 bits per heavy atom. The number of hydrogen-bond acceptors (Lipinski definition) is 2. The van der Waals surface area contributed by atoms with Crippen LogP contribution in [0.3, 0.4) is 0 Å². The number of fused-ring (bicyclic) bond motifs is 4. The van der Waals surface area contributed by atoms with Crippen LogP contribution in [0, 0.1) is 5.82 Å². The number of aromatic nitrogens is 1. The van der Waals surface area contributed by atoms with E-state index in [-0.39, 0.29) is 5.82 Å². The zero-order valence-electron chi connectivity index (χ0n) is 19.3. The van der Waals surface area contributed by atoms with Gasteiger partial charge >= 0.3 is 0 Å². The van der Waals surface area contributed by atoms with E-state index >= 15 is 0 Å². The second kappa shape index (κ2) is 8.17. The van der Waals surface area contributed by atoms with E-state index in [2.05, 4.69) is 83.8 Å². The monoisotopic (exact) mass is 465 g/mol.